The summed E-state index contributed by atoms with van der Waals surface area (Å²) in [6.45, 7) is 7.11. The summed E-state index contributed by atoms with van der Waals surface area (Å²) in [5, 5.41) is 3.21. The van der Waals surface area contributed by atoms with Gasteiger partial charge >= 0.3 is 0 Å². The molecule has 0 unspecified atom stereocenters. The van der Waals surface area contributed by atoms with Crippen LogP contribution in [0.5, 0.6) is 5.75 Å². The van der Waals surface area contributed by atoms with Gasteiger partial charge in [-0.05, 0) is 49.6 Å². The Bertz CT molecular complexity index is 596. The van der Waals surface area contributed by atoms with Crippen LogP contribution in [0.25, 0.3) is 11.3 Å². The highest BCUT2D eigenvalue weighted by Gasteiger charge is 2.09. The lowest BCUT2D eigenvalue weighted by molar-refractivity contribution is 0.411. The highest BCUT2D eigenvalue weighted by atomic mass is 16.5. The molecule has 0 aliphatic heterocycles. The fourth-order valence-electron chi connectivity index (χ4n) is 2.12. The molecule has 2 aromatic rings. The fraction of sp³-hybridized carbons (Fsp3) is 0.375. The van der Waals surface area contributed by atoms with Crippen LogP contribution >= 0.6 is 0 Å². The van der Waals surface area contributed by atoms with Crippen molar-refractivity contribution >= 4 is 5.95 Å². The summed E-state index contributed by atoms with van der Waals surface area (Å²) in [4.78, 5) is 8.82. The van der Waals surface area contributed by atoms with Crippen LogP contribution in [-0.2, 0) is 0 Å². The van der Waals surface area contributed by atoms with Crippen LogP contribution in [0.4, 0.5) is 5.95 Å². The van der Waals surface area contributed by atoms with E-state index < -0.39 is 0 Å². The molecule has 0 atom stereocenters. The molecule has 2 rings (SSSR count). The van der Waals surface area contributed by atoms with Crippen molar-refractivity contribution in [3.63, 3.8) is 0 Å². The fourth-order valence-corrected chi connectivity index (χ4v) is 2.12. The molecular weight excluding hydrogens is 250 g/mol. The van der Waals surface area contributed by atoms with Gasteiger partial charge in [0.05, 0.1) is 12.8 Å². The summed E-state index contributed by atoms with van der Waals surface area (Å²) in [5.41, 5.74) is 4.30. The summed E-state index contributed by atoms with van der Waals surface area (Å²) >= 11 is 0. The maximum atomic E-state index is 5.35. The summed E-state index contributed by atoms with van der Waals surface area (Å²) in [6, 6.07) is 6.09. The average molecular weight is 271 g/mol. The van der Waals surface area contributed by atoms with E-state index in [1.807, 2.05) is 19.1 Å². The van der Waals surface area contributed by atoms with E-state index in [1.54, 1.807) is 13.3 Å². The normalized spacial score (nSPS) is 10.4. The maximum absolute atomic E-state index is 5.35. The van der Waals surface area contributed by atoms with Crippen molar-refractivity contribution in [2.75, 3.05) is 19.0 Å². The minimum atomic E-state index is 0.678. The minimum Gasteiger partial charge on any atom is -0.496 e. The molecule has 4 heteroatoms. The number of benzene rings is 1. The van der Waals surface area contributed by atoms with Gasteiger partial charge in [-0.25, -0.2) is 9.97 Å². The molecule has 0 aliphatic carbocycles. The molecule has 1 heterocycles. The van der Waals surface area contributed by atoms with Crippen LogP contribution in [0.2, 0.25) is 0 Å². The summed E-state index contributed by atoms with van der Waals surface area (Å²) in [6.07, 6.45) is 2.84. The summed E-state index contributed by atoms with van der Waals surface area (Å²) in [5.74, 6) is 1.59. The van der Waals surface area contributed by atoms with E-state index in [-0.39, 0.29) is 0 Å². The minimum absolute atomic E-state index is 0.678. The molecule has 0 amide bonds. The number of hydrogen-bond acceptors (Lipinski definition) is 4. The van der Waals surface area contributed by atoms with Gasteiger partial charge in [0.25, 0.3) is 0 Å². The van der Waals surface area contributed by atoms with E-state index in [2.05, 4.69) is 35.2 Å². The van der Waals surface area contributed by atoms with E-state index in [1.165, 1.54) is 0 Å². The molecule has 0 saturated heterocycles. The van der Waals surface area contributed by atoms with Crippen LogP contribution < -0.4 is 10.1 Å². The predicted octanol–water partition coefficient (Wildman–Crippen LogP) is 3.59. The van der Waals surface area contributed by atoms with E-state index in [0.29, 0.717) is 5.95 Å². The van der Waals surface area contributed by atoms with Gasteiger partial charge in [-0.1, -0.05) is 6.92 Å². The molecule has 1 aromatic carbocycles. The van der Waals surface area contributed by atoms with E-state index in [0.717, 1.165) is 41.1 Å². The number of nitrogens with zero attached hydrogens (tertiary/aromatic N) is 2. The Kier molecular flexibility index (Phi) is 4.56. The Morgan fingerprint density at radius 1 is 1.20 bits per heavy atom. The molecule has 0 spiro atoms. The average Bonchev–Trinajstić information content (AvgIpc) is 2.47. The molecule has 0 aliphatic rings. The van der Waals surface area contributed by atoms with Gasteiger partial charge in [-0.3, -0.25) is 0 Å². The number of nitrogens with one attached hydrogen (secondary N) is 1. The number of ether oxygens (including phenoxy) is 1. The molecule has 0 saturated carbocycles. The van der Waals surface area contributed by atoms with Gasteiger partial charge in [0.15, 0.2) is 0 Å². The van der Waals surface area contributed by atoms with Crippen molar-refractivity contribution in [3.05, 3.63) is 35.5 Å². The number of anilines is 1. The first-order valence-electron chi connectivity index (χ1n) is 6.88. The van der Waals surface area contributed by atoms with Crippen LogP contribution in [0.1, 0.15) is 24.5 Å². The third kappa shape index (κ3) is 3.07. The Hall–Kier alpha value is -2.10. The predicted molar refractivity (Wildman–Crippen MR) is 82.3 cm³/mol. The number of rotatable bonds is 5. The zero-order chi connectivity index (χ0) is 14.5. The highest BCUT2D eigenvalue weighted by Crippen LogP contribution is 2.29. The molecule has 1 N–H and O–H groups in total. The van der Waals surface area contributed by atoms with Crippen LogP contribution in [0.15, 0.2) is 24.4 Å². The second-order valence-electron chi connectivity index (χ2n) is 4.83. The number of hydrogen-bond donors (Lipinski definition) is 1. The van der Waals surface area contributed by atoms with Gasteiger partial charge in [-0.15, -0.1) is 0 Å². The number of methoxy groups -OCH3 is 1. The van der Waals surface area contributed by atoms with Crippen LogP contribution in [0, 0.1) is 13.8 Å². The second-order valence-corrected chi connectivity index (χ2v) is 4.83. The number of aryl methyl sites for hydroxylation is 2. The Labute approximate surface area is 120 Å². The Balaban J connectivity index is 2.38. The van der Waals surface area contributed by atoms with E-state index in [9.17, 15) is 0 Å². The zero-order valence-corrected chi connectivity index (χ0v) is 12.5. The quantitative estimate of drug-likeness (QED) is 0.902. The first-order chi connectivity index (χ1) is 9.65. The molecule has 0 bridgehead atoms. The van der Waals surface area contributed by atoms with Crippen molar-refractivity contribution in [2.45, 2.75) is 27.2 Å². The molecule has 0 fully saturated rings. The van der Waals surface area contributed by atoms with Crippen molar-refractivity contribution in [1.29, 1.82) is 0 Å². The van der Waals surface area contributed by atoms with Gasteiger partial charge in [-0.2, -0.15) is 0 Å². The summed E-state index contributed by atoms with van der Waals surface area (Å²) in [7, 11) is 1.69. The van der Waals surface area contributed by atoms with Gasteiger partial charge < -0.3 is 10.1 Å². The van der Waals surface area contributed by atoms with Crippen molar-refractivity contribution < 1.29 is 4.74 Å². The Morgan fingerprint density at radius 2 is 2.00 bits per heavy atom. The van der Waals surface area contributed by atoms with Crippen LogP contribution in [-0.4, -0.2) is 23.6 Å². The molecular formula is C16H21N3O. The Morgan fingerprint density at radius 3 is 2.70 bits per heavy atom. The van der Waals surface area contributed by atoms with Gasteiger partial charge in [0.2, 0.25) is 5.95 Å². The smallest absolute Gasteiger partial charge is 0.223 e. The molecule has 20 heavy (non-hydrogen) atoms. The van der Waals surface area contributed by atoms with Gasteiger partial charge in [0, 0.05) is 18.3 Å². The monoisotopic (exact) mass is 271 g/mol. The number of aromatic nitrogens is 2. The third-order valence-electron chi connectivity index (χ3n) is 3.21. The maximum Gasteiger partial charge on any atom is 0.223 e. The molecule has 1 aromatic heterocycles. The topological polar surface area (TPSA) is 47.0 Å². The lowest BCUT2D eigenvalue weighted by Crippen LogP contribution is -2.04. The first-order valence-corrected chi connectivity index (χ1v) is 6.88. The third-order valence-corrected chi connectivity index (χ3v) is 3.21. The second kappa shape index (κ2) is 6.37. The van der Waals surface area contributed by atoms with E-state index >= 15 is 0 Å². The summed E-state index contributed by atoms with van der Waals surface area (Å²) < 4.78 is 5.35. The molecule has 4 nitrogen and oxygen atoms in total. The SMILES string of the molecule is CCCNc1nccc(-c2cc(C)c(OC)cc2C)n1. The standard InChI is InChI=1S/C16H21N3O/c1-5-7-17-16-18-8-6-14(19-16)13-9-12(3)15(20-4)10-11(13)2/h6,8-10H,5,7H2,1-4H3,(H,17,18,19). The lowest BCUT2D eigenvalue weighted by Gasteiger charge is -2.11. The zero-order valence-electron chi connectivity index (χ0n) is 12.5. The lowest BCUT2D eigenvalue weighted by atomic mass is 10.0. The molecule has 0 radical (unpaired) electrons. The first kappa shape index (κ1) is 14.3. The highest BCUT2D eigenvalue weighted by molar-refractivity contribution is 5.67. The van der Waals surface area contributed by atoms with Gasteiger partial charge in [0.1, 0.15) is 5.75 Å². The largest absolute Gasteiger partial charge is 0.496 e. The van der Waals surface area contributed by atoms with E-state index in [4.69, 9.17) is 4.74 Å². The molecule has 106 valence electrons. The van der Waals surface area contributed by atoms with Crippen molar-refractivity contribution in [1.82, 2.24) is 9.97 Å². The van der Waals surface area contributed by atoms with Crippen molar-refractivity contribution in [2.24, 2.45) is 0 Å². The van der Waals surface area contributed by atoms with Crippen molar-refractivity contribution in [3.8, 4) is 17.0 Å². The van der Waals surface area contributed by atoms with Crippen LogP contribution in [0.3, 0.4) is 0 Å².